The van der Waals surface area contributed by atoms with E-state index in [2.05, 4.69) is 15.9 Å². The molecule has 0 bridgehead atoms. The fourth-order valence-corrected chi connectivity index (χ4v) is 2.77. The molecule has 0 radical (unpaired) electrons. The number of hydrogen-bond donors (Lipinski definition) is 2. The van der Waals surface area contributed by atoms with Crippen molar-refractivity contribution >= 4 is 33.0 Å². The Morgan fingerprint density at radius 3 is 2.78 bits per heavy atom. The standard InChI is InChI=1S/C11H9BrN2O3S/c12-7-3-8(10(13)6-1-2-18-5-6)11(15)9(4-7)14(16)17/h1-5,10,15H,13H2/t10-/m0/s1. The summed E-state index contributed by atoms with van der Waals surface area (Å²) in [4.78, 5) is 10.2. The SMILES string of the molecule is N[C@@H](c1ccsc1)c1cc(Br)cc([N+](=O)[O-])c1O. The van der Waals surface area contributed by atoms with E-state index in [0.717, 1.165) is 5.56 Å². The third-order valence-electron chi connectivity index (χ3n) is 2.52. The van der Waals surface area contributed by atoms with E-state index in [0.29, 0.717) is 10.0 Å². The number of halogens is 1. The quantitative estimate of drug-likeness (QED) is 0.668. The molecule has 0 amide bonds. The third-order valence-corrected chi connectivity index (χ3v) is 3.68. The zero-order valence-electron chi connectivity index (χ0n) is 9.04. The van der Waals surface area contributed by atoms with Gasteiger partial charge in [0.25, 0.3) is 0 Å². The number of thiophene rings is 1. The van der Waals surface area contributed by atoms with Crippen molar-refractivity contribution in [2.45, 2.75) is 6.04 Å². The Morgan fingerprint density at radius 1 is 1.50 bits per heavy atom. The number of rotatable bonds is 3. The molecule has 0 unspecified atom stereocenters. The Bertz CT molecular complexity index is 586. The smallest absolute Gasteiger partial charge is 0.312 e. The van der Waals surface area contributed by atoms with Crippen molar-refractivity contribution in [1.82, 2.24) is 0 Å². The number of phenolic OH excluding ortho intramolecular Hbond substituents is 1. The van der Waals surface area contributed by atoms with Crippen molar-refractivity contribution in [3.05, 3.63) is 54.7 Å². The van der Waals surface area contributed by atoms with Crippen molar-refractivity contribution in [3.8, 4) is 5.75 Å². The topological polar surface area (TPSA) is 89.4 Å². The normalized spacial score (nSPS) is 12.3. The van der Waals surface area contributed by atoms with Crippen molar-refractivity contribution in [1.29, 1.82) is 0 Å². The lowest BCUT2D eigenvalue weighted by molar-refractivity contribution is -0.386. The first-order valence-corrected chi connectivity index (χ1v) is 6.68. The van der Waals surface area contributed by atoms with E-state index >= 15 is 0 Å². The Kier molecular flexibility index (Phi) is 3.65. The second-order valence-electron chi connectivity index (χ2n) is 3.65. The molecule has 94 valence electrons. The molecule has 1 atom stereocenters. The van der Waals surface area contributed by atoms with Gasteiger partial charge in [-0.1, -0.05) is 15.9 Å². The van der Waals surface area contributed by atoms with Crippen molar-refractivity contribution in [3.63, 3.8) is 0 Å². The maximum Gasteiger partial charge on any atom is 0.312 e. The van der Waals surface area contributed by atoms with E-state index in [1.54, 1.807) is 6.07 Å². The molecule has 0 aliphatic heterocycles. The highest BCUT2D eigenvalue weighted by Gasteiger charge is 2.23. The molecule has 0 saturated carbocycles. The molecule has 0 spiro atoms. The highest BCUT2D eigenvalue weighted by Crippen LogP contribution is 2.38. The summed E-state index contributed by atoms with van der Waals surface area (Å²) in [5.41, 5.74) is 6.78. The number of nitrogens with zero attached hydrogens (tertiary/aromatic N) is 1. The Labute approximate surface area is 115 Å². The molecular weight excluding hydrogens is 320 g/mol. The van der Waals surface area contributed by atoms with Crippen molar-refractivity contribution in [2.75, 3.05) is 0 Å². The van der Waals surface area contributed by atoms with Crippen LogP contribution in [0.2, 0.25) is 0 Å². The van der Waals surface area contributed by atoms with Gasteiger partial charge in [0.1, 0.15) is 0 Å². The van der Waals surface area contributed by atoms with Gasteiger partial charge in [-0.05, 0) is 28.5 Å². The molecule has 2 rings (SSSR count). The summed E-state index contributed by atoms with van der Waals surface area (Å²) < 4.78 is 0.507. The summed E-state index contributed by atoms with van der Waals surface area (Å²) in [7, 11) is 0. The summed E-state index contributed by atoms with van der Waals surface area (Å²) in [5, 5.41) is 24.4. The predicted octanol–water partition coefficient (Wildman–Crippen LogP) is 3.17. The summed E-state index contributed by atoms with van der Waals surface area (Å²) >= 11 is 4.65. The van der Waals surface area contributed by atoms with Crippen molar-refractivity contribution in [2.24, 2.45) is 5.73 Å². The molecule has 2 aromatic rings. The summed E-state index contributed by atoms with van der Waals surface area (Å²) in [6, 6.07) is 4.07. The average molecular weight is 329 g/mol. The van der Waals surface area contributed by atoms with Gasteiger partial charge in [-0.25, -0.2) is 0 Å². The van der Waals surface area contributed by atoms with Crippen LogP contribution in [0.5, 0.6) is 5.75 Å². The number of nitrogens with two attached hydrogens (primary N) is 1. The summed E-state index contributed by atoms with van der Waals surface area (Å²) in [5.74, 6) is -0.387. The van der Waals surface area contributed by atoms with Crippen LogP contribution in [0.1, 0.15) is 17.2 Å². The van der Waals surface area contributed by atoms with Crippen LogP contribution in [-0.4, -0.2) is 10.0 Å². The van der Waals surface area contributed by atoms with Gasteiger partial charge in [0.2, 0.25) is 0 Å². The lowest BCUT2D eigenvalue weighted by Gasteiger charge is -2.13. The maximum absolute atomic E-state index is 10.8. The summed E-state index contributed by atoms with van der Waals surface area (Å²) in [6.07, 6.45) is 0. The number of nitro groups is 1. The zero-order valence-corrected chi connectivity index (χ0v) is 11.4. The number of aromatic hydroxyl groups is 1. The first-order chi connectivity index (χ1) is 8.50. The molecule has 1 aromatic carbocycles. The minimum absolute atomic E-state index is 0.328. The molecule has 0 fully saturated rings. The maximum atomic E-state index is 10.8. The number of hydrogen-bond acceptors (Lipinski definition) is 5. The molecule has 0 aliphatic carbocycles. The minimum Gasteiger partial charge on any atom is -0.502 e. The average Bonchev–Trinajstić information content (AvgIpc) is 2.84. The number of benzene rings is 1. The van der Waals surface area contributed by atoms with E-state index in [1.165, 1.54) is 17.4 Å². The van der Waals surface area contributed by atoms with Crippen LogP contribution in [0.15, 0.2) is 33.4 Å². The Balaban J connectivity index is 2.54. The zero-order chi connectivity index (χ0) is 13.3. The van der Waals surface area contributed by atoms with Crippen LogP contribution in [0.4, 0.5) is 5.69 Å². The molecule has 5 nitrogen and oxygen atoms in total. The van der Waals surface area contributed by atoms with Crippen LogP contribution < -0.4 is 5.73 Å². The van der Waals surface area contributed by atoms with Gasteiger partial charge < -0.3 is 10.8 Å². The van der Waals surface area contributed by atoms with Crippen LogP contribution in [0, 0.1) is 10.1 Å². The fourth-order valence-electron chi connectivity index (χ4n) is 1.61. The second kappa shape index (κ2) is 5.05. The first kappa shape index (κ1) is 13.0. The van der Waals surface area contributed by atoms with Crippen LogP contribution in [0.3, 0.4) is 0 Å². The van der Waals surface area contributed by atoms with Gasteiger partial charge in [0.15, 0.2) is 5.75 Å². The van der Waals surface area contributed by atoms with E-state index < -0.39 is 11.0 Å². The van der Waals surface area contributed by atoms with E-state index in [1.807, 2.05) is 16.8 Å². The lowest BCUT2D eigenvalue weighted by atomic mass is 10.0. The van der Waals surface area contributed by atoms with E-state index in [4.69, 9.17) is 5.73 Å². The van der Waals surface area contributed by atoms with E-state index in [9.17, 15) is 15.2 Å². The molecule has 7 heteroatoms. The highest BCUT2D eigenvalue weighted by molar-refractivity contribution is 9.10. The predicted molar refractivity (Wildman–Crippen MR) is 72.8 cm³/mol. The lowest BCUT2D eigenvalue weighted by Crippen LogP contribution is -2.11. The monoisotopic (exact) mass is 328 g/mol. The van der Waals surface area contributed by atoms with Crippen LogP contribution in [0.25, 0.3) is 0 Å². The van der Waals surface area contributed by atoms with Crippen LogP contribution >= 0.6 is 27.3 Å². The first-order valence-electron chi connectivity index (χ1n) is 4.95. The third kappa shape index (κ3) is 2.38. The molecule has 18 heavy (non-hydrogen) atoms. The molecule has 3 N–H and O–H groups in total. The second-order valence-corrected chi connectivity index (χ2v) is 5.35. The Hall–Kier alpha value is -1.44. The fraction of sp³-hybridized carbons (Fsp3) is 0.0909. The van der Waals surface area contributed by atoms with E-state index in [-0.39, 0.29) is 11.4 Å². The molecule has 1 heterocycles. The Morgan fingerprint density at radius 2 is 2.22 bits per heavy atom. The molecule has 0 aliphatic rings. The van der Waals surface area contributed by atoms with Crippen LogP contribution in [-0.2, 0) is 0 Å². The molecule has 1 aromatic heterocycles. The van der Waals surface area contributed by atoms with Gasteiger partial charge in [-0.3, -0.25) is 10.1 Å². The van der Waals surface area contributed by atoms with Gasteiger partial charge in [0.05, 0.1) is 11.0 Å². The minimum atomic E-state index is -0.635. The van der Waals surface area contributed by atoms with Gasteiger partial charge in [-0.15, -0.1) is 0 Å². The number of nitro benzene ring substituents is 1. The van der Waals surface area contributed by atoms with Gasteiger partial charge >= 0.3 is 5.69 Å². The number of phenols is 1. The summed E-state index contributed by atoms with van der Waals surface area (Å²) in [6.45, 7) is 0. The van der Waals surface area contributed by atoms with Gasteiger partial charge in [-0.2, -0.15) is 11.3 Å². The van der Waals surface area contributed by atoms with Gasteiger partial charge in [0, 0.05) is 16.1 Å². The highest BCUT2D eigenvalue weighted by atomic mass is 79.9. The largest absolute Gasteiger partial charge is 0.502 e. The van der Waals surface area contributed by atoms with Crippen molar-refractivity contribution < 1.29 is 10.0 Å². The molecule has 0 saturated heterocycles. The molecular formula is C11H9BrN2O3S.